The third-order valence-electron chi connectivity index (χ3n) is 13.9. The highest BCUT2D eigenvalue weighted by atomic mass is 16.6. The van der Waals surface area contributed by atoms with Gasteiger partial charge in [-0.15, -0.1) is 0 Å². The maximum atomic E-state index is 12.7. The largest absolute Gasteiger partial charge is 0.487 e. The van der Waals surface area contributed by atoms with Crippen molar-refractivity contribution in [3.63, 3.8) is 0 Å². The van der Waals surface area contributed by atoms with E-state index in [0.29, 0.717) is 177 Å². The van der Waals surface area contributed by atoms with Gasteiger partial charge in [-0.3, -0.25) is 20.2 Å². The molecule has 0 aromatic heterocycles. The number of anilines is 3. The number of hydrogen-bond acceptors (Lipinski definition) is 21. The molecule has 0 saturated carbocycles. The number of amides is 4. The Balaban J connectivity index is 0.000000354. The van der Waals surface area contributed by atoms with Crippen LogP contribution in [0.4, 0.5) is 26.7 Å². The lowest BCUT2D eigenvalue weighted by Crippen LogP contribution is -2.27. The average molecular weight is 1380 g/mol. The van der Waals surface area contributed by atoms with Crippen LogP contribution in [0.5, 0.6) is 34.5 Å². The minimum Gasteiger partial charge on any atom is -0.487 e. The lowest BCUT2D eigenvalue weighted by atomic mass is 9.79. The topological polar surface area (TPSA) is 276 Å². The van der Waals surface area contributed by atoms with E-state index in [-0.39, 0.29) is 62.0 Å². The summed E-state index contributed by atoms with van der Waals surface area (Å²) in [6, 6.07) is 22.3. The Morgan fingerprint density at radius 1 is 0.347 bits per heavy atom. The normalized spacial score (nSPS) is 16.1. The zero-order chi connectivity index (χ0) is 71.1. The van der Waals surface area contributed by atoms with E-state index in [0.717, 1.165) is 25.9 Å². The van der Waals surface area contributed by atoms with Gasteiger partial charge in [0, 0.05) is 61.2 Å². The zero-order valence-electron chi connectivity index (χ0n) is 60.1. The number of carbonyl (C=O) groups excluding carboxylic acids is 4. The molecule has 0 fully saturated rings. The quantitative estimate of drug-likeness (QED) is 0.0778. The summed E-state index contributed by atoms with van der Waals surface area (Å²) in [7, 11) is 0. The van der Waals surface area contributed by atoms with E-state index in [1.165, 1.54) is 16.7 Å². The minimum absolute atomic E-state index is 0.0508. The second-order valence-corrected chi connectivity index (χ2v) is 26.9. The van der Waals surface area contributed by atoms with Gasteiger partial charge in [0.1, 0.15) is 50.8 Å². The summed E-state index contributed by atoms with van der Waals surface area (Å²) in [5, 5.41) is 14.7. The van der Waals surface area contributed by atoms with Crippen LogP contribution in [0.25, 0.3) is 0 Å². The van der Waals surface area contributed by atoms with Crippen LogP contribution >= 0.6 is 0 Å². The molecule has 6 rings (SSSR count). The Morgan fingerprint density at radius 2 is 0.663 bits per heavy atom. The van der Waals surface area contributed by atoms with E-state index in [1.807, 2.05) is 0 Å². The van der Waals surface area contributed by atoms with Crippen LogP contribution in [0.15, 0.2) is 72.8 Å². The first-order chi connectivity index (χ1) is 46.8. The molecular formula is C73H111N5O20. The molecule has 98 heavy (non-hydrogen) atoms. The number of fused-ring (bicyclic) bond motifs is 3. The third kappa shape index (κ3) is 36.0. The van der Waals surface area contributed by atoms with E-state index >= 15 is 0 Å². The monoisotopic (exact) mass is 1380 g/mol. The van der Waals surface area contributed by atoms with Crippen LogP contribution in [0.2, 0.25) is 0 Å². The number of unbranched alkanes of at least 4 members (excludes halogenated alkanes) is 1. The van der Waals surface area contributed by atoms with Crippen molar-refractivity contribution < 1.29 is 95.0 Å². The molecule has 0 atom stereocenters. The van der Waals surface area contributed by atoms with Gasteiger partial charge in [-0.2, -0.15) is 0 Å². The average Bonchev–Trinajstić information content (AvgIpc) is 0.820. The molecule has 0 aliphatic carbocycles. The van der Waals surface area contributed by atoms with Gasteiger partial charge >= 0.3 is 12.2 Å². The molecule has 4 amide bonds. The Kier molecular flexibility index (Phi) is 36.6. The summed E-state index contributed by atoms with van der Waals surface area (Å²) < 4.78 is 90.8. The summed E-state index contributed by atoms with van der Waals surface area (Å²) in [6.07, 6.45) is 1.10. The van der Waals surface area contributed by atoms with Crippen LogP contribution < -0.4 is 55.0 Å². The van der Waals surface area contributed by atoms with Crippen molar-refractivity contribution >= 4 is 41.1 Å². The Hall–Kier alpha value is -7.20. The maximum Gasteiger partial charge on any atom is 0.412 e. The van der Waals surface area contributed by atoms with Crippen molar-refractivity contribution in [3.05, 3.63) is 89.5 Å². The highest BCUT2D eigenvalue weighted by molar-refractivity contribution is 5.91. The minimum atomic E-state index is -0.632. The van der Waals surface area contributed by atoms with Crippen molar-refractivity contribution in [1.29, 1.82) is 0 Å². The highest BCUT2D eigenvalue weighted by Gasteiger charge is 2.23. The molecular weight excluding hydrogens is 1270 g/mol. The van der Waals surface area contributed by atoms with Crippen LogP contribution in [0, 0.1) is 0 Å². The fourth-order valence-corrected chi connectivity index (χ4v) is 9.02. The van der Waals surface area contributed by atoms with E-state index in [2.05, 4.69) is 86.3 Å². The molecule has 5 N–H and O–H groups in total. The Bertz CT molecular complexity index is 2850. The molecule has 0 bridgehead atoms. The van der Waals surface area contributed by atoms with E-state index < -0.39 is 23.4 Å². The number of hydrogen-bond donors (Lipinski definition) is 5. The van der Waals surface area contributed by atoms with Crippen LogP contribution in [0.3, 0.4) is 0 Å². The molecule has 4 aromatic rings. The molecule has 25 heteroatoms. The Morgan fingerprint density at radius 3 is 0.990 bits per heavy atom. The van der Waals surface area contributed by atoms with Crippen molar-refractivity contribution in [2.45, 2.75) is 137 Å². The Labute approximate surface area is 580 Å². The van der Waals surface area contributed by atoms with Crippen molar-refractivity contribution in [3.8, 4) is 34.5 Å². The highest BCUT2D eigenvalue weighted by Crippen LogP contribution is 2.35. The molecule has 548 valence electrons. The summed E-state index contributed by atoms with van der Waals surface area (Å²) in [5.74, 6) is 2.62. The van der Waals surface area contributed by atoms with Gasteiger partial charge in [0.2, 0.25) is 11.8 Å². The summed E-state index contributed by atoms with van der Waals surface area (Å²) >= 11 is 0. The number of ether oxygens (including phenoxy) is 16. The first-order valence-corrected chi connectivity index (χ1v) is 34.0. The SMILES string of the molecule is CC(C)(C)OC(=O)Nc1ccc2c(c1)OCCOCCOCCOc1cc(NC(=O)OC(C)(C)C)ccc1OCCOCCOCCO2.CC(C)(C)c1cc(CNCCCCC(=O)NCCC(=O)Nc2ccc3c(c2)OCCOCCOCCOCCOCCO3)cc(C(C)(C)C)c1. The predicted octanol–water partition coefficient (Wildman–Crippen LogP) is 11.2. The van der Waals surface area contributed by atoms with Crippen LogP contribution in [-0.2, 0) is 74.3 Å². The predicted molar refractivity (Wildman–Crippen MR) is 374 cm³/mol. The third-order valence-corrected chi connectivity index (χ3v) is 13.9. The van der Waals surface area contributed by atoms with Gasteiger partial charge in [-0.1, -0.05) is 59.7 Å². The molecule has 25 nitrogen and oxygen atoms in total. The van der Waals surface area contributed by atoms with E-state index in [4.69, 9.17) is 75.8 Å². The molecule has 0 spiro atoms. The number of nitrogens with one attached hydrogen (secondary N) is 5. The molecule has 4 aromatic carbocycles. The first kappa shape index (κ1) is 81.5. The molecule has 0 radical (unpaired) electrons. The van der Waals surface area contributed by atoms with Gasteiger partial charge in [0.05, 0.1) is 106 Å². The van der Waals surface area contributed by atoms with Crippen molar-refractivity contribution in [2.24, 2.45) is 0 Å². The number of carbonyl (C=O) groups is 4. The standard InChI is InChI=1S/C39H61N3O8.C34H50N2O12/c1-38(2,3)31-25-30(26-32(27-31)39(4,5)6)29-40-13-8-7-9-36(43)41-14-12-37(44)42-33-10-11-34-35(28-33)50-24-22-48-20-18-46-16-15-45-17-19-47-21-23-49-34;1-33(2,3)47-31(37)35-25-7-9-27-29(23-25)45-21-17-41-13-14-42-18-22-46-30-24-26(36-32(38)48-34(4,5)6)8-10-28(30)44-20-16-40-12-11-39-15-19-43-27/h10-11,25-28,40H,7-9,12-24,29H2,1-6H3,(H,41,43)(H,42,44);7-10,23-24H,11-22H2,1-6H3,(H,35,37)(H,36,38). The summed E-state index contributed by atoms with van der Waals surface area (Å²) in [4.78, 5) is 49.6. The second-order valence-electron chi connectivity index (χ2n) is 26.9. The lowest BCUT2D eigenvalue weighted by molar-refractivity contribution is -0.121. The number of rotatable bonds is 13. The maximum absolute atomic E-state index is 12.7. The van der Waals surface area contributed by atoms with Gasteiger partial charge in [-0.25, -0.2) is 9.59 Å². The molecule has 0 unspecified atom stereocenters. The number of benzene rings is 4. The van der Waals surface area contributed by atoms with Gasteiger partial charge < -0.3 is 91.7 Å². The fraction of sp³-hybridized carbons (Fsp3) is 0.616. The summed E-state index contributed by atoms with van der Waals surface area (Å²) in [6.45, 7) is 34.1. The summed E-state index contributed by atoms with van der Waals surface area (Å²) in [5.41, 5.74) is 4.45. The molecule has 2 aliphatic rings. The second kappa shape index (κ2) is 44.0. The van der Waals surface area contributed by atoms with Gasteiger partial charge in [0.25, 0.3) is 0 Å². The van der Waals surface area contributed by atoms with Crippen molar-refractivity contribution in [1.82, 2.24) is 10.6 Å². The van der Waals surface area contributed by atoms with Crippen molar-refractivity contribution in [2.75, 3.05) is 174 Å². The van der Waals surface area contributed by atoms with E-state index in [1.54, 1.807) is 96.1 Å². The van der Waals surface area contributed by atoms with Crippen LogP contribution in [0.1, 0.15) is 125 Å². The smallest absolute Gasteiger partial charge is 0.412 e. The molecule has 2 heterocycles. The van der Waals surface area contributed by atoms with Crippen LogP contribution in [-0.4, -0.2) is 194 Å². The van der Waals surface area contributed by atoms with Gasteiger partial charge in [-0.05, 0) is 125 Å². The lowest BCUT2D eigenvalue weighted by Gasteiger charge is -2.26. The zero-order valence-corrected chi connectivity index (χ0v) is 60.1. The fourth-order valence-electron chi connectivity index (χ4n) is 9.02. The van der Waals surface area contributed by atoms with E-state index in [9.17, 15) is 19.2 Å². The molecule has 2 aliphatic heterocycles. The first-order valence-electron chi connectivity index (χ1n) is 34.0. The molecule has 0 saturated heterocycles. The van der Waals surface area contributed by atoms with Gasteiger partial charge in [0.15, 0.2) is 34.5 Å².